The largest absolute Gasteiger partial charge is 0.390 e. The Labute approximate surface area is 81.4 Å². The highest BCUT2D eigenvalue weighted by Gasteiger charge is 2.40. The van der Waals surface area contributed by atoms with Gasteiger partial charge < -0.3 is 5.11 Å². The summed E-state index contributed by atoms with van der Waals surface area (Å²) >= 11 is 0. The molecule has 0 unspecified atom stereocenters. The summed E-state index contributed by atoms with van der Waals surface area (Å²) in [5.41, 5.74) is 0.187. The Morgan fingerprint density at radius 2 is 2.00 bits per heavy atom. The Morgan fingerprint density at radius 3 is 2.57 bits per heavy atom. The maximum atomic E-state index is 13.3. The van der Waals surface area contributed by atoms with E-state index in [1.807, 2.05) is 0 Å². The molecule has 0 amide bonds. The lowest BCUT2D eigenvalue weighted by atomic mass is 10.0. The van der Waals surface area contributed by atoms with Gasteiger partial charge in [0.2, 0.25) is 0 Å². The second-order valence-corrected chi connectivity index (χ2v) is 4.12. The highest BCUT2D eigenvalue weighted by molar-refractivity contribution is 5.27. The SMILES string of the molecule is Cc1cc(F)c(F)c(CC2(O)CC2)c1. The van der Waals surface area contributed by atoms with Crippen LogP contribution in [0.25, 0.3) is 0 Å². The summed E-state index contributed by atoms with van der Waals surface area (Å²) in [4.78, 5) is 0. The summed E-state index contributed by atoms with van der Waals surface area (Å²) < 4.78 is 26.2. The van der Waals surface area contributed by atoms with Crippen molar-refractivity contribution in [1.29, 1.82) is 0 Å². The highest BCUT2D eigenvalue weighted by Crippen LogP contribution is 2.38. The first-order chi connectivity index (χ1) is 6.50. The van der Waals surface area contributed by atoms with Crippen molar-refractivity contribution >= 4 is 0 Å². The summed E-state index contributed by atoms with van der Waals surface area (Å²) in [7, 11) is 0. The van der Waals surface area contributed by atoms with Crippen molar-refractivity contribution in [2.75, 3.05) is 0 Å². The molecule has 3 heteroatoms. The second kappa shape index (κ2) is 3.02. The van der Waals surface area contributed by atoms with Gasteiger partial charge >= 0.3 is 0 Å². The standard InChI is InChI=1S/C11H12F2O/c1-7-4-8(6-11(14)2-3-11)10(13)9(12)5-7/h4-5,14H,2-3,6H2,1H3. The minimum atomic E-state index is -0.829. The van der Waals surface area contributed by atoms with Crippen LogP contribution in [-0.4, -0.2) is 10.7 Å². The number of hydrogen-bond acceptors (Lipinski definition) is 1. The van der Waals surface area contributed by atoms with Crippen LogP contribution in [-0.2, 0) is 6.42 Å². The number of hydrogen-bond donors (Lipinski definition) is 1. The van der Waals surface area contributed by atoms with Gasteiger partial charge in [-0.05, 0) is 37.0 Å². The Kier molecular flexibility index (Phi) is 2.07. The van der Waals surface area contributed by atoms with E-state index in [0.717, 1.165) is 6.07 Å². The lowest BCUT2D eigenvalue weighted by Gasteiger charge is -2.09. The van der Waals surface area contributed by atoms with E-state index in [1.54, 1.807) is 13.0 Å². The topological polar surface area (TPSA) is 20.2 Å². The van der Waals surface area contributed by atoms with E-state index < -0.39 is 17.2 Å². The van der Waals surface area contributed by atoms with Crippen LogP contribution in [0.5, 0.6) is 0 Å². The molecule has 0 aliphatic heterocycles. The molecule has 1 N–H and O–H groups in total. The molecule has 76 valence electrons. The minimum absolute atomic E-state index is 0.220. The Hall–Kier alpha value is -0.960. The van der Waals surface area contributed by atoms with E-state index in [-0.39, 0.29) is 12.0 Å². The minimum Gasteiger partial charge on any atom is -0.390 e. The van der Waals surface area contributed by atoms with Crippen molar-refractivity contribution in [3.63, 3.8) is 0 Å². The van der Waals surface area contributed by atoms with Gasteiger partial charge in [-0.1, -0.05) is 6.07 Å². The molecule has 1 nitrogen and oxygen atoms in total. The van der Waals surface area contributed by atoms with Crippen molar-refractivity contribution in [2.24, 2.45) is 0 Å². The monoisotopic (exact) mass is 198 g/mol. The zero-order valence-corrected chi connectivity index (χ0v) is 7.98. The first kappa shape index (κ1) is 9.59. The molecule has 14 heavy (non-hydrogen) atoms. The molecule has 0 atom stereocenters. The highest BCUT2D eigenvalue weighted by atomic mass is 19.2. The van der Waals surface area contributed by atoms with Gasteiger partial charge in [0.15, 0.2) is 11.6 Å². The number of halogens is 2. The number of aliphatic hydroxyl groups is 1. The molecule has 0 heterocycles. The fraction of sp³-hybridized carbons (Fsp3) is 0.455. The molecule has 0 saturated heterocycles. The van der Waals surface area contributed by atoms with E-state index in [0.29, 0.717) is 18.4 Å². The zero-order chi connectivity index (χ0) is 10.3. The quantitative estimate of drug-likeness (QED) is 0.773. The van der Waals surface area contributed by atoms with Gasteiger partial charge in [-0.15, -0.1) is 0 Å². The van der Waals surface area contributed by atoms with Crippen LogP contribution < -0.4 is 0 Å². The summed E-state index contributed by atoms with van der Waals surface area (Å²) in [5.74, 6) is -1.65. The van der Waals surface area contributed by atoms with Gasteiger partial charge in [-0.2, -0.15) is 0 Å². The fourth-order valence-electron chi connectivity index (χ4n) is 1.60. The summed E-state index contributed by atoms with van der Waals surface area (Å²) in [6.45, 7) is 1.71. The van der Waals surface area contributed by atoms with Gasteiger partial charge in [0, 0.05) is 6.42 Å². The number of benzene rings is 1. The van der Waals surface area contributed by atoms with Crippen LogP contribution >= 0.6 is 0 Å². The third kappa shape index (κ3) is 1.77. The van der Waals surface area contributed by atoms with Gasteiger partial charge in [0.05, 0.1) is 5.60 Å². The molecule has 0 radical (unpaired) electrons. The number of aryl methyl sites for hydroxylation is 1. The van der Waals surface area contributed by atoms with E-state index in [2.05, 4.69) is 0 Å². The fourth-order valence-corrected chi connectivity index (χ4v) is 1.60. The molecule has 1 aliphatic rings. The van der Waals surface area contributed by atoms with E-state index in [1.165, 1.54) is 0 Å². The first-order valence-corrected chi connectivity index (χ1v) is 4.67. The number of rotatable bonds is 2. The summed E-state index contributed by atoms with van der Waals surface area (Å²) in [5, 5.41) is 9.60. The maximum absolute atomic E-state index is 13.3. The van der Waals surface area contributed by atoms with Crippen LogP contribution in [0, 0.1) is 18.6 Å². The third-order valence-corrected chi connectivity index (χ3v) is 2.59. The third-order valence-electron chi connectivity index (χ3n) is 2.59. The Balaban J connectivity index is 2.32. The van der Waals surface area contributed by atoms with Gasteiger partial charge in [0.1, 0.15) is 0 Å². The molecule has 0 aromatic heterocycles. The Morgan fingerprint density at radius 1 is 1.36 bits per heavy atom. The van der Waals surface area contributed by atoms with Gasteiger partial charge in [-0.25, -0.2) is 8.78 Å². The molecule has 0 spiro atoms. The molecular weight excluding hydrogens is 186 g/mol. The molecule has 1 saturated carbocycles. The summed E-state index contributed by atoms with van der Waals surface area (Å²) in [6.07, 6.45) is 1.58. The first-order valence-electron chi connectivity index (χ1n) is 4.67. The molecule has 1 aromatic rings. The Bertz CT molecular complexity index is 370. The smallest absolute Gasteiger partial charge is 0.162 e. The molecule has 0 bridgehead atoms. The van der Waals surface area contributed by atoms with E-state index in [9.17, 15) is 13.9 Å². The lowest BCUT2D eigenvalue weighted by molar-refractivity contribution is 0.149. The van der Waals surface area contributed by atoms with Crippen molar-refractivity contribution in [2.45, 2.75) is 31.8 Å². The van der Waals surface area contributed by atoms with Crippen LogP contribution in [0.3, 0.4) is 0 Å². The zero-order valence-electron chi connectivity index (χ0n) is 7.98. The molecule has 2 rings (SSSR count). The van der Waals surface area contributed by atoms with Crippen LogP contribution in [0.15, 0.2) is 12.1 Å². The van der Waals surface area contributed by atoms with E-state index in [4.69, 9.17) is 0 Å². The predicted molar refractivity (Wildman–Crippen MR) is 49.0 cm³/mol. The maximum Gasteiger partial charge on any atom is 0.162 e. The van der Waals surface area contributed by atoms with Crippen molar-refractivity contribution in [3.8, 4) is 0 Å². The molecule has 1 aromatic carbocycles. The van der Waals surface area contributed by atoms with Crippen LogP contribution in [0.1, 0.15) is 24.0 Å². The van der Waals surface area contributed by atoms with Crippen molar-refractivity contribution in [3.05, 3.63) is 34.9 Å². The molecular formula is C11H12F2O. The van der Waals surface area contributed by atoms with Gasteiger partial charge in [0.25, 0.3) is 0 Å². The van der Waals surface area contributed by atoms with E-state index >= 15 is 0 Å². The van der Waals surface area contributed by atoms with Crippen LogP contribution in [0.2, 0.25) is 0 Å². The average Bonchev–Trinajstić information content (AvgIpc) is 2.79. The molecule has 1 aliphatic carbocycles. The van der Waals surface area contributed by atoms with Crippen LogP contribution in [0.4, 0.5) is 8.78 Å². The molecule has 1 fully saturated rings. The summed E-state index contributed by atoms with van der Waals surface area (Å²) in [6, 6.07) is 2.75. The lowest BCUT2D eigenvalue weighted by Crippen LogP contribution is -2.12. The van der Waals surface area contributed by atoms with Crippen molar-refractivity contribution < 1.29 is 13.9 Å². The van der Waals surface area contributed by atoms with Crippen molar-refractivity contribution in [1.82, 2.24) is 0 Å². The predicted octanol–water partition coefficient (Wildman–Crippen LogP) is 2.34. The normalized spacial score (nSPS) is 18.3. The average molecular weight is 198 g/mol. The van der Waals surface area contributed by atoms with Gasteiger partial charge in [-0.3, -0.25) is 0 Å². The second-order valence-electron chi connectivity index (χ2n) is 4.12.